The first kappa shape index (κ1) is 34.4. The highest BCUT2D eigenvalue weighted by Crippen LogP contribution is 2.42. The number of allylic oxidation sites excluding steroid dienone is 2. The molecule has 7 heteroatoms. The van der Waals surface area contributed by atoms with Gasteiger partial charge in [-0.05, 0) is 61.9 Å². The second-order valence-corrected chi connectivity index (χ2v) is 12.4. The van der Waals surface area contributed by atoms with Gasteiger partial charge in [-0.1, -0.05) is 93.2 Å². The number of rotatable bonds is 15. The van der Waals surface area contributed by atoms with Crippen LogP contribution in [-0.2, 0) is 20.8 Å². The number of pyridine rings is 1. The average molecular weight is 622 g/mol. The van der Waals surface area contributed by atoms with Crippen LogP contribution in [0.5, 0.6) is 0 Å². The number of unbranched alkanes of at least 4 members (excludes halogenated alkanes) is 1. The maximum absolute atomic E-state index is 12.7. The van der Waals surface area contributed by atoms with Crippen LogP contribution in [0.1, 0.15) is 101 Å². The van der Waals surface area contributed by atoms with Crippen LogP contribution in [0.15, 0.2) is 71.4 Å². The minimum atomic E-state index is -0.940. The highest BCUT2D eigenvalue weighted by atomic mass is 16.6. The normalized spacial score (nSPS) is 18.3. The van der Waals surface area contributed by atoms with E-state index in [1.807, 2.05) is 26.8 Å². The van der Waals surface area contributed by atoms with Gasteiger partial charge in [0.1, 0.15) is 6.10 Å². The van der Waals surface area contributed by atoms with Gasteiger partial charge < -0.3 is 15.3 Å². The van der Waals surface area contributed by atoms with Crippen LogP contribution in [0.3, 0.4) is 0 Å². The fourth-order valence-electron chi connectivity index (χ4n) is 6.43. The van der Waals surface area contributed by atoms with Crippen molar-refractivity contribution in [3.8, 4) is 12.3 Å². The summed E-state index contributed by atoms with van der Waals surface area (Å²) in [6.45, 7) is 10.3. The van der Waals surface area contributed by atoms with Crippen LogP contribution < -0.4 is 5.32 Å². The number of aromatic nitrogens is 1. The first-order chi connectivity index (χ1) is 22.2. The Morgan fingerprint density at radius 1 is 1.13 bits per heavy atom. The van der Waals surface area contributed by atoms with Crippen LogP contribution in [0.2, 0.25) is 0 Å². The zero-order chi connectivity index (χ0) is 33.2. The maximum Gasteiger partial charge on any atom is 0.305 e. The van der Waals surface area contributed by atoms with Crippen molar-refractivity contribution in [3.05, 3.63) is 88.6 Å². The summed E-state index contributed by atoms with van der Waals surface area (Å²) in [6.07, 6.45) is 12.5. The van der Waals surface area contributed by atoms with Gasteiger partial charge in [0, 0.05) is 35.3 Å². The molecule has 0 aliphatic carbocycles. The van der Waals surface area contributed by atoms with Gasteiger partial charge in [-0.15, -0.1) is 6.42 Å². The fraction of sp³-hybridized carbons (Fsp3) is 0.436. The van der Waals surface area contributed by atoms with E-state index in [1.165, 1.54) is 16.7 Å². The largest absolute Gasteiger partial charge is 0.481 e. The van der Waals surface area contributed by atoms with Gasteiger partial charge in [0.25, 0.3) is 0 Å². The predicted octanol–water partition coefficient (Wildman–Crippen LogP) is 7.79. The van der Waals surface area contributed by atoms with Crippen molar-refractivity contribution < 1.29 is 19.5 Å². The quantitative estimate of drug-likeness (QED) is 0.169. The van der Waals surface area contributed by atoms with Gasteiger partial charge >= 0.3 is 5.97 Å². The number of aryl methyl sites for hydroxylation is 1. The number of nitrogens with one attached hydrogen (secondary N) is 1. The molecule has 5 atom stereocenters. The molecule has 2 heterocycles. The molecule has 5 unspecified atom stereocenters. The standard InChI is InChI=1S/C39H47N3O4/c1-7-10-12-31(29(9-3)18-15-25(4)39(45)40-24-23-36(43)44)38(30-19-16-28(8-2)17-20-30)33-13-11-14-34-32(33)21-22-35(41-34)37-26(5)42-46-27(37)6/h3,11,13-14,16-22,25,27,31,37-38H,7-8,10,12,15,23-24H2,1-2,4-6H3,(H,40,45)(H,43,44). The molecule has 1 aliphatic rings. The molecule has 0 spiro atoms. The van der Waals surface area contributed by atoms with Crippen molar-refractivity contribution in [2.45, 2.75) is 91.1 Å². The lowest BCUT2D eigenvalue weighted by atomic mass is 9.73. The monoisotopic (exact) mass is 621 g/mol. The molecule has 1 aliphatic heterocycles. The van der Waals surface area contributed by atoms with E-state index in [2.05, 4.69) is 84.8 Å². The number of oxime groups is 1. The second kappa shape index (κ2) is 16.2. The Kier molecular flexibility index (Phi) is 12.1. The van der Waals surface area contributed by atoms with E-state index in [-0.39, 0.29) is 48.6 Å². The Morgan fingerprint density at radius 3 is 2.52 bits per heavy atom. The van der Waals surface area contributed by atoms with Crippen molar-refractivity contribution >= 4 is 28.5 Å². The predicted molar refractivity (Wildman–Crippen MR) is 185 cm³/mol. The minimum Gasteiger partial charge on any atom is -0.481 e. The minimum absolute atomic E-state index is 0.00241. The van der Waals surface area contributed by atoms with E-state index in [0.717, 1.165) is 53.6 Å². The fourth-order valence-corrected chi connectivity index (χ4v) is 6.43. The molecule has 0 saturated heterocycles. The van der Waals surface area contributed by atoms with Gasteiger partial charge in [-0.2, -0.15) is 0 Å². The smallest absolute Gasteiger partial charge is 0.305 e. The van der Waals surface area contributed by atoms with E-state index in [4.69, 9.17) is 21.4 Å². The molecule has 1 aromatic heterocycles. The van der Waals surface area contributed by atoms with Gasteiger partial charge in [0.2, 0.25) is 5.91 Å². The summed E-state index contributed by atoms with van der Waals surface area (Å²) in [5, 5.41) is 16.9. The number of carbonyl (C=O) groups excluding carboxylic acids is 1. The number of aliphatic carboxylic acids is 1. The van der Waals surface area contributed by atoms with Crippen LogP contribution in [-0.4, -0.2) is 40.3 Å². The Labute approximate surface area is 273 Å². The average Bonchev–Trinajstić information content (AvgIpc) is 3.40. The number of hydrogen-bond acceptors (Lipinski definition) is 5. The van der Waals surface area contributed by atoms with Crippen molar-refractivity contribution in [1.82, 2.24) is 10.3 Å². The van der Waals surface area contributed by atoms with Crippen molar-refractivity contribution in [2.75, 3.05) is 6.54 Å². The summed E-state index contributed by atoms with van der Waals surface area (Å²) in [6, 6.07) is 19.5. The van der Waals surface area contributed by atoms with Crippen LogP contribution >= 0.6 is 0 Å². The lowest BCUT2D eigenvalue weighted by Gasteiger charge is -2.30. The highest BCUT2D eigenvalue weighted by molar-refractivity contribution is 5.91. The number of amides is 1. The zero-order valence-electron chi connectivity index (χ0n) is 27.8. The number of nitrogens with zero attached hydrogens (tertiary/aromatic N) is 2. The molecule has 0 bridgehead atoms. The number of carboxylic acids is 1. The molecule has 0 fully saturated rings. The third-order valence-electron chi connectivity index (χ3n) is 9.08. The van der Waals surface area contributed by atoms with E-state index in [0.29, 0.717) is 6.42 Å². The van der Waals surface area contributed by atoms with E-state index in [1.54, 1.807) is 0 Å². The van der Waals surface area contributed by atoms with Crippen molar-refractivity contribution in [3.63, 3.8) is 0 Å². The molecule has 7 nitrogen and oxygen atoms in total. The lowest BCUT2D eigenvalue weighted by molar-refractivity contribution is -0.137. The number of carboxylic acid groups (broad SMARTS) is 1. The first-order valence-electron chi connectivity index (χ1n) is 16.5. The molecule has 242 valence electrons. The Balaban J connectivity index is 1.78. The molecule has 0 radical (unpaired) electrons. The molecule has 0 saturated carbocycles. The van der Waals surface area contributed by atoms with Crippen LogP contribution in [0, 0.1) is 24.2 Å². The van der Waals surface area contributed by atoms with Gasteiger partial charge in [0.15, 0.2) is 0 Å². The highest BCUT2D eigenvalue weighted by Gasteiger charge is 2.32. The third-order valence-corrected chi connectivity index (χ3v) is 9.08. The topological polar surface area (TPSA) is 101 Å². The maximum atomic E-state index is 12.7. The third kappa shape index (κ3) is 8.23. The number of hydrogen-bond donors (Lipinski definition) is 2. The molecule has 1 amide bonds. The van der Waals surface area contributed by atoms with Crippen molar-refractivity contribution in [2.24, 2.45) is 17.0 Å². The first-order valence-corrected chi connectivity index (χ1v) is 16.5. The van der Waals surface area contributed by atoms with E-state index >= 15 is 0 Å². The summed E-state index contributed by atoms with van der Waals surface area (Å²) >= 11 is 0. The summed E-state index contributed by atoms with van der Waals surface area (Å²) in [5.74, 6) is 1.54. The number of fused-ring (bicyclic) bond motifs is 1. The van der Waals surface area contributed by atoms with Crippen molar-refractivity contribution in [1.29, 1.82) is 0 Å². The van der Waals surface area contributed by atoms with Crippen LogP contribution in [0.4, 0.5) is 0 Å². The van der Waals surface area contributed by atoms with Gasteiger partial charge in [-0.25, -0.2) is 0 Å². The van der Waals surface area contributed by atoms with E-state index in [9.17, 15) is 9.59 Å². The van der Waals surface area contributed by atoms with E-state index < -0.39 is 5.97 Å². The number of terminal acetylenes is 1. The summed E-state index contributed by atoms with van der Waals surface area (Å²) in [4.78, 5) is 34.3. The zero-order valence-corrected chi connectivity index (χ0v) is 27.8. The molecule has 2 aromatic carbocycles. The summed E-state index contributed by atoms with van der Waals surface area (Å²) in [7, 11) is 0. The molecular weight excluding hydrogens is 574 g/mol. The summed E-state index contributed by atoms with van der Waals surface area (Å²) < 4.78 is 0. The molecule has 2 N–H and O–H groups in total. The number of benzene rings is 2. The van der Waals surface area contributed by atoms with Gasteiger partial charge in [0.05, 0.1) is 29.3 Å². The molecule has 3 aromatic rings. The second-order valence-electron chi connectivity index (χ2n) is 12.4. The molecule has 4 rings (SSSR count). The molecular formula is C39H47N3O4. The lowest BCUT2D eigenvalue weighted by Crippen LogP contribution is -2.30. The summed E-state index contributed by atoms with van der Waals surface area (Å²) in [5.41, 5.74) is 7.31. The number of carbonyl (C=O) groups is 2. The Hall–Kier alpha value is -4.44. The van der Waals surface area contributed by atoms with Crippen LogP contribution in [0.25, 0.3) is 10.9 Å². The Morgan fingerprint density at radius 2 is 1.89 bits per heavy atom. The van der Waals surface area contributed by atoms with Gasteiger partial charge in [-0.3, -0.25) is 14.6 Å². The molecule has 46 heavy (non-hydrogen) atoms. The Bertz CT molecular complexity index is 1620. The SMILES string of the molecule is C#CC(=CCC(C)C(=O)NCCC(=O)O)C(CCCC)C(c1ccc(CC)cc1)c1cccc2nc(C3C(C)=NOC3C)ccc12.